The molecule has 0 fully saturated rings. The molecule has 0 spiro atoms. The van der Waals surface area contributed by atoms with Crippen molar-refractivity contribution in [3.05, 3.63) is 76.8 Å². The highest BCUT2D eigenvalue weighted by Crippen LogP contribution is 2.43. The molecule has 0 saturated carbocycles. The largest absolute Gasteiger partial charge is 0.520 e. The van der Waals surface area contributed by atoms with Crippen molar-refractivity contribution in [3.8, 4) is 0 Å². The molecule has 2 aromatic carbocycles. The van der Waals surface area contributed by atoms with Crippen molar-refractivity contribution in [1.82, 2.24) is 0 Å². The number of hydrogen-bond acceptors (Lipinski definition) is 12. The minimum Gasteiger partial charge on any atom is -0.261 e. The van der Waals surface area contributed by atoms with Gasteiger partial charge in [0.15, 0.2) is 0 Å². The predicted molar refractivity (Wildman–Crippen MR) is 115 cm³/mol. The van der Waals surface area contributed by atoms with Crippen molar-refractivity contribution >= 4 is 64.1 Å². The summed E-state index contributed by atoms with van der Waals surface area (Å²) >= 11 is 11.1. The molecule has 15 nitrogen and oxygen atoms in total. The van der Waals surface area contributed by atoms with E-state index in [9.17, 15) is 55.6 Å². The van der Waals surface area contributed by atoms with Crippen LogP contribution in [-0.2, 0) is 29.5 Å². The van der Waals surface area contributed by atoms with Crippen LogP contribution in [0.4, 0.5) is 11.4 Å². The average Bonchev–Trinajstić information content (AvgIpc) is 2.66. The van der Waals surface area contributed by atoms with Gasteiger partial charge in [-0.15, -0.1) is 0 Å². The summed E-state index contributed by atoms with van der Waals surface area (Å²) in [7, 11) is -18.2. The molecule has 0 bridgehead atoms. The molecule has 0 radical (unpaired) electrons. The number of rotatable bonds is 8. The number of hydrogen-bond donors (Lipinski definition) is 0. The summed E-state index contributed by atoms with van der Waals surface area (Å²) in [6.07, 6.45) is -0.0699. The number of sulfone groups is 3. The van der Waals surface area contributed by atoms with E-state index < -0.39 is 79.0 Å². The van der Waals surface area contributed by atoms with Crippen LogP contribution in [-0.4, -0.2) is 49.8 Å². The fourth-order valence-electron chi connectivity index (χ4n) is 2.77. The van der Waals surface area contributed by atoms with Gasteiger partial charge in [-0.2, -0.15) is 0 Å². The molecule has 184 valence electrons. The normalized spacial score (nSPS) is 12.8. The maximum absolute atomic E-state index is 13.3. The van der Waals surface area contributed by atoms with Crippen molar-refractivity contribution in [1.29, 1.82) is 0 Å². The highest BCUT2D eigenvalue weighted by molar-refractivity contribution is 8.25. The minimum absolute atomic E-state index is 0.0699. The Morgan fingerprint density at radius 1 is 0.706 bits per heavy atom. The molecule has 0 amide bonds. The number of benzene rings is 2. The lowest BCUT2D eigenvalue weighted by Crippen LogP contribution is -2.58. The van der Waals surface area contributed by atoms with E-state index in [1.165, 1.54) is 0 Å². The van der Waals surface area contributed by atoms with Crippen LogP contribution in [0.25, 0.3) is 0 Å². The van der Waals surface area contributed by atoms with Crippen LogP contribution in [0.1, 0.15) is 0 Å². The van der Waals surface area contributed by atoms with E-state index >= 15 is 0 Å². The van der Waals surface area contributed by atoms with E-state index in [4.69, 9.17) is 23.2 Å². The lowest BCUT2D eigenvalue weighted by Gasteiger charge is -2.23. The summed E-state index contributed by atoms with van der Waals surface area (Å²) < 4.78 is 73.5. The summed E-state index contributed by atoms with van der Waals surface area (Å²) in [6, 6.07) is 2.29. The van der Waals surface area contributed by atoms with Gasteiger partial charge < -0.3 is 0 Å². The first-order valence-electron chi connectivity index (χ1n) is 8.05. The van der Waals surface area contributed by atoms with E-state index in [1.807, 2.05) is 0 Å². The van der Waals surface area contributed by atoms with Crippen molar-refractivity contribution in [3.63, 3.8) is 0 Å². The Morgan fingerprint density at radius 3 is 1.26 bits per heavy atom. The second-order valence-corrected chi connectivity index (χ2v) is 14.2. The smallest absolute Gasteiger partial charge is 0.261 e. The van der Waals surface area contributed by atoms with Crippen molar-refractivity contribution in [2.45, 2.75) is 13.3 Å². The van der Waals surface area contributed by atoms with E-state index in [2.05, 4.69) is 0 Å². The van der Waals surface area contributed by atoms with Gasteiger partial charge in [0.05, 0.1) is 24.6 Å². The van der Waals surface area contributed by atoms with Crippen LogP contribution in [0.2, 0.25) is 10.0 Å². The minimum atomic E-state index is -6.18. The summed E-state index contributed by atoms with van der Waals surface area (Å²) in [5.74, 6) is 0. The molecule has 0 N–H and O–H groups in total. The molecule has 2 aromatic rings. The Bertz CT molecular complexity index is 1480. The zero-order valence-electron chi connectivity index (χ0n) is 16.2. The van der Waals surface area contributed by atoms with Gasteiger partial charge >= 0.3 is 3.54 Å². The molecule has 0 aromatic heterocycles. The van der Waals surface area contributed by atoms with Crippen molar-refractivity contribution in [2.75, 3.05) is 6.26 Å². The van der Waals surface area contributed by atoms with Crippen LogP contribution >= 0.6 is 23.2 Å². The van der Waals surface area contributed by atoms with Crippen molar-refractivity contribution < 1.29 is 40.0 Å². The molecule has 0 heterocycles. The first-order chi connectivity index (χ1) is 15.3. The van der Waals surface area contributed by atoms with E-state index in [0.29, 0.717) is 24.3 Å². The highest BCUT2D eigenvalue weighted by atomic mass is 35.5. The van der Waals surface area contributed by atoms with Gasteiger partial charge in [0, 0.05) is 18.4 Å². The Morgan fingerprint density at radius 2 is 1.03 bits per heavy atom. The molecule has 20 heteroatoms. The molecular formula is C14H9Cl2N3O12S3. The molecule has 0 aliphatic carbocycles. The predicted octanol–water partition coefficient (Wildman–Crippen LogP) is 1.99. The standard InChI is InChI=1S/C14H9Cl2N3O12S3/c1-32(26,27)14(19(24)25,33(28,29)8-2-4-10(15)12(6-8)17(20)21)34(30,31)9-3-5-11(16)13(7-9)18(22)23/h2-7H,1H3. The number of nitro benzene ring substituents is 2. The van der Waals surface area contributed by atoms with Gasteiger partial charge in [-0.25, -0.2) is 25.3 Å². The second kappa shape index (κ2) is 8.69. The molecule has 0 saturated heterocycles. The first-order valence-corrected chi connectivity index (χ1v) is 13.7. The lowest BCUT2D eigenvalue weighted by molar-refractivity contribution is -0.489. The fraction of sp³-hybridized carbons (Fsp3) is 0.143. The Balaban J connectivity index is 3.12. The van der Waals surface area contributed by atoms with Gasteiger partial charge in [-0.3, -0.25) is 30.3 Å². The molecule has 34 heavy (non-hydrogen) atoms. The Kier molecular flexibility index (Phi) is 6.98. The monoisotopic (exact) mass is 577 g/mol. The fourth-order valence-corrected chi connectivity index (χ4v) is 10.9. The maximum atomic E-state index is 13.3. The lowest BCUT2D eigenvalue weighted by atomic mass is 10.3. The summed E-state index contributed by atoms with van der Waals surface area (Å²) in [5.41, 5.74) is -2.26. The molecule has 2 rings (SSSR count). The quantitative estimate of drug-likeness (QED) is 0.323. The SMILES string of the molecule is CS(=O)(=O)C([N+](=O)[O-])(S(=O)(=O)c1ccc(Cl)c([N+](=O)[O-])c1)S(=O)(=O)c1ccc(Cl)c([N+](=O)[O-])c1. The molecule has 0 aliphatic heterocycles. The summed E-state index contributed by atoms with van der Waals surface area (Å²) in [5, 5.41) is 33.0. The van der Waals surface area contributed by atoms with Crippen LogP contribution in [0, 0.1) is 30.3 Å². The molecule has 0 atom stereocenters. The van der Waals surface area contributed by atoms with Gasteiger partial charge in [-0.1, -0.05) is 23.2 Å². The third-order valence-corrected chi connectivity index (χ3v) is 13.8. The second-order valence-electron chi connectivity index (χ2n) is 6.30. The first kappa shape index (κ1) is 27.3. The maximum Gasteiger partial charge on any atom is 0.520 e. The van der Waals surface area contributed by atoms with Crippen LogP contribution < -0.4 is 0 Å². The molecule has 0 aliphatic rings. The zero-order valence-corrected chi connectivity index (χ0v) is 20.1. The highest BCUT2D eigenvalue weighted by Gasteiger charge is 2.76. The van der Waals surface area contributed by atoms with Gasteiger partial charge in [0.2, 0.25) is 9.84 Å². The average molecular weight is 578 g/mol. The van der Waals surface area contributed by atoms with Crippen molar-refractivity contribution in [2.24, 2.45) is 0 Å². The van der Waals surface area contributed by atoms with Gasteiger partial charge in [0.25, 0.3) is 31.0 Å². The summed E-state index contributed by atoms with van der Waals surface area (Å²) in [6.45, 7) is 0. The van der Waals surface area contributed by atoms with Gasteiger partial charge in [0.1, 0.15) is 10.0 Å². The Labute approximate surface area is 200 Å². The van der Waals surface area contributed by atoms with Crippen LogP contribution in [0.15, 0.2) is 46.2 Å². The third kappa shape index (κ3) is 3.96. The van der Waals surface area contributed by atoms with E-state index in [0.717, 1.165) is 0 Å². The van der Waals surface area contributed by atoms with Crippen LogP contribution in [0.5, 0.6) is 0 Å². The molecular weight excluding hydrogens is 569 g/mol. The summed E-state index contributed by atoms with van der Waals surface area (Å²) in [4.78, 5) is 26.8. The van der Waals surface area contributed by atoms with Crippen LogP contribution in [0.3, 0.4) is 0 Å². The van der Waals surface area contributed by atoms with E-state index in [1.54, 1.807) is 0 Å². The third-order valence-electron chi connectivity index (χ3n) is 4.22. The number of halogens is 2. The topological polar surface area (TPSA) is 232 Å². The number of nitrogens with zero attached hydrogens (tertiary/aromatic N) is 3. The Hall–Kier alpha value is -2.93. The molecule has 0 unspecified atom stereocenters. The van der Waals surface area contributed by atoms with E-state index in [-0.39, 0.29) is 18.4 Å². The zero-order chi connectivity index (χ0) is 26.4. The number of nitro groups is 3. The van der Waals surface area contributed by atoms with Gasteiger partial charge in [-0.05, 0) is 24.3 Å².